The molecule has 0 bridgehead atoms. The molecule has 1 aromatic heterocycles. The highest BCUT2D eigenvalue weighted by Gasteiger charge is 2.05. The van der Waals surface area contributed by atoms with Gasteiger partial charge in [-0.2, -0.15) is 4.99 Å². The van der Waals surface area contributed by atoms with E-state index in [-0.39, 0.29) is 5.96 Å². The van der Waals surface area contributed by atoms with E-state index in [0.717, 1.165) is 10.9 Å². The van der Waals surface area contributed by atoms with Crippen molar-refractivity contribution < 1.29 is 4.79 Å². The standard InChI is InChI=1S/C10H10N4O/c11-10(12)14-9(15)7-2-1-6-3-4-13-8(6)5-7/h1-5,13H,(H4,11,12,14,15). The number of amides is 1. The van der Waals surface area contributed by atoms with Gasteiger partial charge in [0.05, 0.1) is 0 Å². The summed E-state index contributed by atoms with van der Waals surface area (Å²) in [6.07, 6.45) is 1.81. The van der Waals surface area contributed by atoms with Crippen molar-refractivity contribution in [1.29, 1.82) is 0 Å². The van der Waals surface area contributed by atoms with Gasteiger partial charge in [-0.1, -0.05) is 6.07 Å². The smallest absolute Gasteiger partial charge is 0.280 e. The summed E-state index contributed by atoms with van der Waals surface area (Å²) in [5.41, 5.74) is 11.6. The van der Waals surface area contributed by atoms with Crippen LogP contribution in [0.1, 0.15) is 10.4 Å². The molecule has 0 fully saturated rings. The molecular formula is C10H10N4O. The van der Waals surface area contributed by atoms with Crippen LogP contribution in [0.25, 0.3) is 10.9 Å². The van der Waals surface area contributed by atoms with Crippen molar-refractivity contribution in [1.82, 2.24) is 4.98 Å². The highest BCUT2D eigenvalue weighted by molar-refractivity contribution is 6.03. The first-order valence-electron chi connectivity index (χ1n) is 4.38. The van der Waals surface area contributed by atoms with Gasteiger partial charge in [-0.15, -0.1) is 0 Å². The Morgan fingerprint density at radius 1 is 1.27 bits per heavy atom. The number of hydrogen-bond donors (Lipinski definition) is 3. The van der Waals surface area contributed by atoms with E-state index in [4.69, 9.17) is 11.5 Å². The number of carbonyl (C=O) groups excluding carboxylic acids is 1. The van der Waals surface area contributed by atoms with Crippen LogP contribution in [-0.4, -0.2) is 16.9 Å². The van der Waals surface area contributed by atoms with Crippen molar-refractivity contribution in [3.8, 4) is 0 Å². The van der Waals surface area contributed by atoms with Crippen LogP contribution in [0.5, 0.6) is 0 Å². The van der Waals surface area contributed by atoms with E-state index in [2.05, 4.69) is 9.98 Å². The third-order valence-electron chi connectivity index (χ3n) is 2.03. The van der Waals surface area contributed by atoms with E-state index in [1.165, 1.54) is 0 Å². The first-order chi connectivity index (χ1) is 7.16. The maximum absolute atomic E-state index is 11.5. The van der Waals surface area contributed by atoms with Gasteiger partial charge in [0.15, 0.2) is 5.96 Å². The lowest BCUT2D eigenvalue weighted by Gasteiger charge is -1.96. The van der Waals surface area contributed by atoms with E-state index < -0.39 is 5.91 Å². The monoisotopic (exact) mass is 202 g/mol. The fraction of sp³-hybridized carbons (Fsp3) is 0. The molecule has 0 radical (unpaired) electrons. The lowest BCUT2D eigenvalue weighted by Crippen LogP contribution is -2.24. The summed E-state index contributed by atoms with van der Waals surface area (Å²) in [7, 11) is 0. The number of aromatic amines is 1. The molecule has 2 rings (SSSR count). The van der Waals surface area contributed by atoms with Crippen LogP contribution < -0.4 is 11.5 Å². The van der Waals surface area contributed by atoms with Crippen molar-refractivity contribution in [3.63, 3.8) is 0 Å². The fourth-order valence-electron chi connectivity index (χ4n) is 1.36. The molecule has 5 N–H and O–H groups in total. The number of benzene rings is 1. The number of carbonyl (C=O) groups is 1. The summed E-state index contributed by atoms with van der Waals surface area (Å²) < 4.78 is 0. The lowest BCUT2D eigenvalue weighted by molar-refractivity contribution is 0.100. The zero-order valence-electron chi connectivity index (χ0n) is 7.90. The minimum atomic E-state index is -0.438. The van der Waals surface area contributed by atoms with Crippen molar-refractivity contribution in [2.75, 3.05) is 0 Å². The SMILES string of the molecule is NC(N)=NC(=O)c1ccc2cc[nH]c2c1. The fourth-order valence-corrected chi connectivity index (χ4v) is 1.36. The molecule has 0 saturated heterocycles. The molecular weight excluding hydrogens is 192 g/mol. The molecule has 1 heterocycles. The van der Waals surface area contributed by atoms with E-state index in [9.17, 15) is 4.79 Å². The van der Waals surface area contributed by atoms with Crippen LogP contribution >= 0.6 is 0 Å². The molecule has 5 nitrogen and oxygen atoms in total. The Bertz CT molecular complexity index is 537. The zero-order chi connectivity index (χ0) is 10.8. The largest absolute Gasteiger partial charge is 0.370 e. The predicted molar refractivity (Wildman–Crippen MR) is 58.4 cm³/mol. The predicted octanol–water partition coefficient (Wildman–Crippen LogP) is 0.581. The molecule has 5 heteroatoms. The minimum Gasteiger partial charge on any atom is -0.370 e. The van der Waals surface area contributed by atoms with E-state index in [1.54, 1.807) is 18.3 Å². The number of nitrogens with zero attached hydrogens (tertiary/aromatic N) is 1. The molecule has 0 unspecified atom stereocenters. The Kier molecular flexibility index (Phi) is 2.13. The van der Waals surface area contributed by atoms with Crippen LogP contribution in [-0.2, 0) is 0 Å². The molecule has 1 aromatic carbocycles. The minimum absolute atomic E-state index is 0.230. The summed E-state index contributed by atoms with van der Waals surface area (Å²) in [6.45, 7) is 0. The maximum Gasteiger partial charge on any atom is 0.280 e. The summed E-state index contributed by atoms with van der Waals surface area (Å²) in [5.74, 6) is -0.668. The van der Waals surface area contributed by atoms with Gasteiger partial charge < -0.3 is 16.5 Å². The number of aliphatic imine (C=N–C) groups is 1. The molecule has 2 aromatic rings. The highest BCUT2D eigenvalue weighted by Crippen LogP contribution is 2.14. The molecule has 0 saturated carbocycles. The number of nitrogens with two attached hydrogens (primary N) is 2. The van der Waals surface area contributed by atoms with Crippen molar-refractivity contribution >= 4 is 22.8 Å². The third kappa shape index (κ3) is 1.80. The van der Waals surface area contributed by atoms with Crippen LogP contribution in [0, 0.1) is 0 Å². The zero-order valence-corrected chi connectivity index (χ0v) is 7.90. The molecule has 0 spiro atoms. The maximum atomic E-state index is 11.5. The van der Waals surface area contributed by atoms with Gasteiger partial charge in [0.25, 0.3) is 5.91 Å². The van der Waals surface area contributed by atoms with Gasteiger partial charge in [0.2, 0.25) is 0 Å². The molecule has 0 atom stereocenters. The average molecular weight is 202 g/mol. The lowest BCUT2D eigenvalue weighted by atomic mass is 10.1. The second-order valence-corrected chi connectivity index (χ2v) is 3.12. The highest BCUT2D eigenvalue weighted by atomic mass is 16.1. The number of rotatable bonds is 1. The van der Waals surface area contributed by atoms with Crippen LogP contribution in [0.2, 0.25) is 0 Å². The Morgan fingerprint density at radius 2 is 2.07 bits per heavy atom. The van der Waals surface area contributed by atoms with Gasteiger partial charge in [-0.3, -0.25) is 4.79 Å². The summed E-state index contributed by atoms with van der Waals surface area (Å²) in [5, 5.41) is 1.04. The Labute approximate surface area is 85.8 Å². The van der Waals surface area contributed by atoms with Crippen molar-refractivity contribution in [2.45, 2.75) is 0 Å². The molecule has 76 valence electrons. The van der Waals surface area contributed by atoms with Crippen LogP contribution in [0.3, 0.4) is 0 Å². The summed E-state index contributed by atoms with van der Waals surface area (Å²) in [4.78, 5) is 17.9. The van der Waals surface area contributed by atoms with E-state index in [1.807, 2.05) is 12.1 Å². The third-order valence-corrected chi connectivity index (χ3v) is 2.03. The van der Waals surface area contributed by atoms with Gasteiger partial charge in [0.1, 0.15) is 0 Å². The first-order valence-corrected chi connectivity index (χ1v) is 4.38. The second kappa shape index (κ2) is 3.45. The summed E-state index contributed by atoms with van der Waals surface area (Å²) >= 11 is 0. The van der Waals surface area contributed by atoms with Crippen LogP contribution in [0.15, 0.2) is 35.5 Å². The van der Waals surface area contributed by atoms with Gasteiger partial charge in [0, 0.05) is 17.3 Å². The number of guanidine groups is 1. The quantitative estimate of drug-likeness (QED) is 0.466. The van der Waals surface area contributed by atoms with Crippen molar-refractivity contribution in [3.05, 3.63) is 36.0 Å². The van der Waals surface area contributed by atoms with Gasteiger partial charge in [-0.05, 0) is 23.6 Å². The molecule has 15 heavy (non-hydrogen) atoms. The number of hydrogen-bond acceptors (Lipinski definition) is 1. The van der Waals surface area contributed by atoms with Crippen LogP contribution in [0.4, 0.5) is 0 Å². The number of nitrogens with one attached hydrogen (secondary N) is 1. The number of aromatic nitrogens is 1. The normalized spacial score (nSPS) is 10.1. The second-order valence-electron chi connectivity index (χ2n) is 3.12. The Hall–Kier alpha value is -2.30. The summed E-state index contributed by atoms with van der Waals surface area (Å²) in [6, 6.07) is 7.15. The first kappa shape index (κ1) is 9.26. The van der Waals surface area contributed by atoms with Crippen molar-refractivity contribution in [2.24, 2.45) is 16.5 Å². The van der Waals surface area contributed by atoms with E-state index >= 15 is 0 Å². The van der Waals surface area contributed by atoms with Gasteiger partial charge >= 0.3 is 0 Å². The Morgan fingerprint density at radius 3 is 2.80 bits per heavy atom. The van der Waals surface area contributed by atoms with E-state index in [0.29, 0.717) is 5.56 Å². The Balaban J connectivity index is 2.44. The molecule has 0 aliphatic carbocycles. The molecule has 1 amide bonds. The average Bonchev–Trinajstić information content (AvgIpc) is 2.62. The number of H-pyrrole nitrogens is 1. The molecule has 0 aliphatic heterocycles. The topological polar surface area (TPSA) is 97.3 Å². The number of fused-ring (bicyclic) bond motifs is 1. The molecule has 0 aliphatic rings. The van der Waals surface area contributed by atoms with Gasteiger partial charge in [-0.25, -0.2) is 0 Å².